The molecule has 0 radical (unpaired) electrons. The molecule has 0 amide bonds. The van der Waals surface area contributed by atoms with Crippen LogP contribution in [0.25, 0.3) is 0 Å². The van der Waals surface area contributed by atoms with Gasteiger partial charge in [0.15, 0.2) is 5.82 Å². The second-order valence-corrected chi connectivity index (χ2v) is 5.40. The molecule has 0 bridgehead atoms. The number of halogens is 3. The molecule has 11 heteroatoms. The van der Waals surface area contributed by atoms with Gasteiger partial charge in [0.05, 0.1) is 6.54 Å². The van der Waals surface area contributed by atoms with Crippen LogP contribution >= 0.6 is 0 Å². The first-order chi connectivity index (χ1) is 8.10. The van der Waals surface area contributed by atoms with Gasteiger partial charge in [0.25, 0.3) is 10.2 Å². The Balaban J connectivity index is 2.62. The number of alkyl halides is 3. The highest BCUT2D eigenvalue weighted by molar-refractivity contribution is 7.87. The lowest BCUT2D eigenvalue weighted by molar-refractivity contribution is -0.121. The van der Waals surface area contributed by atoms with Crippen LogP contribution in [0, 0.1) is 6.92 Å². The lowest BCUT2D eigenvalue weighted by Crippen LogP contribution is -2.42. The summed E-state index contributed by atoms with van der Waals surface area (Å²) in [6, 6.07) is 0. The number of aromatic nitrogens is 3. The summed E-state index contributed by atoms with van der Waals surface area (Å²) in [4.78, 5) is 3.85. The topological polar surface area (TPSA) is 91.0 Å². The average molecular weight is 287 g/mol. The Morgan fingerprint density at radius 1 is 1.44 bits per heavy atom. The maximum absolute atomic E-state index is 11.9. The molecule has 0 aliphatic rings. The van der Waals surface area contributed by atoms with Gasteiger partial charge in [-0.15, -0.1) is 0 Å². The van der Waals surface area contributed by atoms with Crippen LogP contribution < -0.4 is 4.72 Å². The van der Waals surface area contributed by atoms with E-state index in [1.165, 1.54) is 4.72 Å². The minimum Gasteiger partial charge on any atom is -0.263 e. The smallest absolute Gasteiger partial charge is 0.263 e. The third kappa shape index (κ3) is 4.58. The number of hydrogen-bond acceptors (Lipinski definition) is 4. The van der Waals surface area contributed by atoms with Gasteiger partial charge in [0.2, 0.25) is 0 Å². The molecule has 1 aromatic heterocycles. The first kappa shape index (κ1) is 14.9. The summed E-state index contributed by atoms with van der Waals surface area (Å²) in [6.45, 7) is -0.225. The number of aromatic amines is 1. The molecule has 1 aromatic rings. The van der Waals surface area contributed by atoms with Gasteiger partial charge >= 0.3 is 6.18 Å². The summed E-state index contributed by atoms with van der Waals surface area (Å²) >= 11 is 0. The van der Waals surface area contributed by atoms with Crippen molar-refractivity contribution in [2.75, 3.05) is 13.6 Å². The zero-order valence-corrected chi connectivity index (χ0v) is 10.4. The van der Waals surface area contributed by atoms with Crippen LogP contribution in [0.4, 0.5) is 13.2 Å². The molecule has 0 spiro atoms. The molecule has 7 nitrogen and oxygen atoms in total. The van der Waals surface area contributed by atoms with Crippen LogP contribution in [0.1, 0.15) is 11.6 Å². The maximum Gasteiger partial charge on any atom is 0.402 e. The highest BCUT2D eigenvalue weighted by Gasteiger charge is 2.31. The third-order valence-corrected chi connectivity index (χ3v) is 3.33. The fourth-order valence-electron chi connectivity index (χ4n) is 1.03. The molecule has 0 saturated carbocycles. The zero-order chi connectivity index (χ0) is 14.0. The quantitative estimate of drug-likeness (QED) is 0.794. The van der Waals surface area contributed by atoms with E-state index in [-0.39, 0.29) is 12.4 Å². The van der Waals surface area contributed by atoms with Gasteiger partial charge in [-0.3, -0.25) is 5.10 Å². The number of rotatable bonds is 5. The van der Waals surface area contributed by atoms with E-state index in [0.29, 0.717) is 10.1 Å². The number of H-pyrrole nitrogens is 1. The summed E-state index contributed by atoms with van der Waals surface area (Å²) in [7, 11) is -3.08. The van der Waals surface area contributed by atoms with E-state index < -0.39 is 22.9 Å². The van der Waals surface area contributed by atoms with Gasteiger partial charge in [0, 0.05) is 7.05 Å². The van der Waals surface area contributed by atoms with Gasteiger partial charge in [-0.05, 0) is 6.92 Å². The monoisotopic (exact) mass is 287 g/mol. The van der Waals surface area contributed by atoms with E-state index in [2.05, 4.69) is 15.2 Å². The molecule has 2 N–H and O–H groups in total. The van der Waals surface area contributed by atoms with Gasteiger partial charge < -0.3 is 0 Å². The fourth-order valence-corrected chi connectivity index (χ4v) is 1.88. The largest absolute Gasteiger partial charge is 0.402 e. The van der Waals surface area contributed by atoms with E-state index in [0.717, 1.165) is 7.05 Å². The molecule has 0 atom stereocenters. The first-order valence-electron chi connectivity index (χ1n) is 4.76. The van der Waals surface area contributed by atoms with Crippen LogP contribution in [0.3, 0.4) is 0 Å². The standard InChI is InChI=1S/C7H12F3N5O2S/c1-5-12-6(14-13-5)3-15(2)18(16,17)11-4-7(8,9)10/h11H,3-4H2,1-2H3,(H,12,13,14). The van der Waals surface area contributed by atoms with E-state index in [1.807, 2.05) is 0 Å². The van der Waals surface area contributed by atoms with Crippen molar-refractivity contribution in [3.8, 4) is 0 Å². The predicted molar refractivity (Wildman–Crippen MR) is 55.6 cm³/mol. The van der Waals surface area contributed by atoms with Crippen LogP contribution in [-0.4, -0.2) is 47.7 Å². The van der Waals surface area contributed by atoms with Crippen molar-refractivity contribution in [2.45, 2.75) is 19.6 Å². The summed E-state index contributed by atoms with van der Waals surface area (Å²) in [5, 5.41) is 6.18. The second kappa shape index (κ2) is 5.20. The summed E-state index contributed by atoms with van der Waals surface area (Å²) < 4.78 is 60.7. The Hall–Kier alpha value is -1.20. The number of hydrogen-bond donors (Lipinski definition) is 2. The Kier molecular flexibility index (Phi) is 4.29. The lowest BCUT2D eigenvalue weighted by atomic mass is 10.6. The van der Waals surface area contributed by atoms with Crippen LogP contribution in [0.2, 0.25) is 0 Å². The fraction of sp³-hybridized carbons (Fsp3) is 0.714. The molecule has 0 aromatic carbocycles. The molecular weight excluding hydrogens is 275 g/mol. The van der Waals surface area contributed by atoms with Gasteiger partial charge in [-0.1, -0.05) is 0 Å². The normalized spacial score (nSPS) is 13.2. The SMILES string of the molecule is Cc1nc(CN(C)S(=O)(=O)NCC(F)(F)F)n[nH]1. The predicted octanol–water partition coefficient (Wildman–Crippen LogP) is -0.0584. The summed E-state index contributed by atoms with van der Waals surface area (Å²) in [5.41, 5.74) is 0. The molecule has 0 saturated heterocycles. The molecule has 0 unspecified atom stereocenters. The molecular formula is C7H12F3N5O2S. The van der Waals surface area contributed by atoms with Crippen LogP contribution in [0.15, 0.2) is 0 Å². The van der Waals surface area contributed by atoms with Crippen molar-refractivity contribution in [1.82, 2.24) is 24.2 Å². The minimum atomic E-state index is -4.60. The molecule has 18 heavy (non-hydrogen) atoms. The molecule has 0 aliphatic heterocycles. The lowest BCUT2D eigenvalue weighted by Gasteiger charge is -2.16. The average Bonchev–Trinajstić information content (AvgIpc) is 2.60. The molecule has 0 aliphatic carbocycles. The van der Waals surface area contributed by atoms with Crippen molar-refractivity contribution in [3.63, 3.8) is 0 Å². The minimum absolute atomic E-state index is 0.174. The Morgan fingerprint density at radius 2 is 2.06 bits per heavy atom. The molecule has 1 heterocycles. The zero-order valence-electron chi connectivity index (χ0n) is 9.61. The van der Waals surface area contributed by atoms with Crippen LogP contribution in [-0.2, 0) is 16.8 Å². The third-order valence-electron chi connectivity index (χ3n) is 1.87. The van der Waals surface area contributed by atoms with E-state index in [4.69, 9.17) is 0 Å². The van der Waals surface area contributed by atoms with Crippen molar-refractivity contribution >= 4 is 10.2 Å². The van der Waals surface area contributed by atoms with Crippen molar-refractivity contribution < 1.29 is 21.6 Å². The number of nitrogens with one attached hydrogen (secondary N) is 2. The summed E-state index contributed by atoms with van der Waals surface area (Å²) in [6.07, 6.45) is -4.60. The Bertz CT molecular complexity index is 497. The van der Waals surface area contributed by atoms with Crippen molar-refractivity contribution in [3.05, 3.63) is 11.6 Å². The number of nitrogens with zero attached hydrogens (tertiary/aromatic N) is 3. The van der Waals surface area contributed by atoms with Crippen molar-refractivity contribution in [2.24, 2.45) is 0 Å². The highest BCUT2D eigenvalue weighted by Crippen LogP contribution is 2.13. The van der Waals surface area contributed by atoms with Crippen LogP contribution in [0.5, 0.6) is 0 Å². The van der Waals surface area contributed by atoms with E-state index in [1.54, 1.807) is 6.92 Å². The van der Waals surface area contributed by atoms with E-state index in [9.17, 15) is 21.6 Å². The summed E-state index contributed by atoms with van der Waals surface area (Å²) in [5.74, 6) is 0.659. The van der Waals surface area contributed by atoms with Crippen molar-refractivity contribution in [1.29, 1.82) is 0 Å². The molecule has 104 valence electrons. The van der Waals surface area contributed by atoms with Gasteiger partial charge in [-0.2, -0.15) is 35.7 Å². The highest BCUT2D eigenvalue weighted by atomic mass is 32.2. The first-order valence-corrected chi connectivity index (χ1v) is 6.20. The maximum atomic E-state index is 11.9. The molecule has 1 rings (SSSR count). The Labute approximate surface area is 102 Å². The van der Waals surface area contributed by atoms with E-state index >= 15 is 0 Å². The molecule has 0 fully saturated rings. The number of aryl methyl sites for hydroxylation is 1. The Morgan fingerprint density at radius 3 is 2.50 bits per heavy atom. The second-order valence-electron chi connectivity index (χ2n) is 3.53. The van der Waals surface area contributed by atoms with Gasteiger partial charge in [-0.25, -0.2) is 4.98 Å². The van der Waals surface area contributed by atoms with Gasteiger partial charge in [0.1, 0.15) is 12.4 Å².